The molecule has 0 aromatic heterocycles. The van der Waals surface area contributed by atoms with Crippen molar-refractivity contribution in [2.45, 2.75) is 38.8 Å². The van der Waals surface area contributed by atoms with Crippen LogP contribution in [0, 0.1) is 5.92 Å². The van der Waals surface area contributed by atoms with Crippen LogP contribution in [0.3, 0.4) is 0 Å². The summed E-state index contributed by atoms with van der Waals surface area (Å²) in [6.45, 7) is 9.34. The number of hydrogen-bond donors (Lipinski definition) is 2. The molecule has 1 amide bonds. The standard InChI is InChI=1S/C19H30N4O/c1-14(2)22-9-11-23(12-10-22)17-7-5-16(6-8-17)19(24)21-13-18(20)15-3-4-15/h5-8,14-15,18H,3-4,9-13,20H2,1-2H3,(H,21,24). The van der Waals surface area contributed by atoms with Crippen LogP contribution in [0.4, 0.5) is 5.69 Å². The Morgan fingerprint density at radius 3 is 2.33 bits per heavy atom. The van der Waals surface area contributed by atoms with E-state index in [0.717, 1.165) is 26.2 Å². The van der Waals surface area contributed by atoms with Crippen LogP contribution in [0.2, 0.25) is 0 Å². The van der Waals surface area contributed by atoms with Gasteiger partial charge in [0, 0.05) is 56.1 Å². The first-order valence-electron chi connectivity index (χ1n) is 9.17. The van der Waals surface area contributed by atoms with E-state index in [9.17, 15) is 4.79 Å². The second-order valence-corrected chi connectivity index (χ2v) is 7.37. The molecule has 1 aliphatic carbocycles. The average Bonchev–Trinajstić information content (AvgIpc) is 3.45. The van der Waals surface area contributed by atoms with Crippen LogP contribution in [0.25, 0.3) is 0 Å². The fraction of sp³-hybridized carbons (Fsp3) is 0.632. The second kappa shape index (κ2) is 7.53. The molecule has 5 heteroatoms. The van der Waals surface area contributed by atoms with Crippen molar-refractivity contribution in [2.24, 2.45) is 11.7 Å². The van der Waals surface area contributed by atoms with Crippen LogP contribution in [0.5, 0.6) is 0 Å². The van der Waals surface area contributed by atoms with Gasteiger partial charge in [-0.2, -0.15) is 0 Å². The van der Waals surface area contributed by atoms with Crippen molar-refractivity contribution >= 4 is 11.6 Å². The normalized spacial score (nSPS) is 20.2. The lowest BCUT2D eigenvalue weighted by Gasteiger charge is -2.38. The molecule has 1 aromatic carbocycles. The Morgan fingerprint density at radius 1 is 1.17 bits per heavy atom. The van der Waals surface area contributed by atoms with Crippen molar-refractivity contribution < 1.29 is 4.79 Å². The van der Waals surface area contributed by atoms with Crippen molar-refractivity contribution in [1.82, 2.24) is 10.2 Å². The SMILES string of the molecule is CC(C)N1CCN(c2ccc(C(=O)NCC(N)C3CC3)cc2)CC1. The number of anilines is 1. The van der Waals surface area contributed by atoms with Crippen LogP contribution in [0.15, 0.2) is 24.3 Å². The first-order chi connectivity index (χ1) is 11.5. The lowest BCUT2D eigenvalue weighted by atomic mass is 10.1. The third-order valence-electron chi connectivity index (χ3n) is 5.27. The van der Waals surface area contributed by atoms with E-state index >= 15 is 0 Å². The monoisotopic (exact) mass is 330 g/mol. The smallest absolute Gasteiger partial charge is 0.251 e. The summed E-state index contributed by atoms with van der Waals surface area (Å²) in [5.41, 5.74) is 7.94. The molecule has 2 aliphatic rings. The molecular weight excluding hydrogens is 300 g/mol. The van der Waals surface area contributed by atoms with E-state index < -0.39 is 0 Å². The summed E-state index contributed by atoms with van der Waals surface area (Å²) in [4.78, 5) is 17.1. The van der Waals surface area contributed by atoms with E-state index in [1.54, 1.807) is 0 Å². The number of rotatable bonds is 6. The molecule has 1 saturated carbocycles. The molecular formula is C19H30N4O. The van der Waals surface area contributed by atoms with Gasteiger partial charge in [0.25, 0.3) is 5.91 Å². The van der Waals surface area contributed by atoms with Gasteiger partial charge in [-0.1, -0.05) is 0 Å². The van der Waals surface area contributed by atoms with Crippen molar-refractivity contribution in [2.75, 3.05) is 37.6 Å². The van der Waals surface area contributed by atoms with Crippen molar-refractivity contribution in [3.8, 4) is 0 Å². The molecule has 1 heterocycles. The van der Waals surface area contributed by atoms with Gasteiger partial charge in [-0.25, -0.2) is 0 Å². The molecule has 2 fully saturated rings. The number of carbonyl (C=O) groups excluding carboxylic acids is 1. The summed E-state index contributed by atoms with van der Waals surface area (Å²) < 4.78 is 0. The fourth-order valence-electron chi connectivity index (χ4n) is 3.32. The molecule has 1 unspecified atom stereocenters. The first kappa shape index (κ1) is 17.2. The van der Waals surface area contributed by atoms with Crippen LogP contribution >= 0.6 is 0 Å². The van der Waals surface area contributed by atoms with Gasteiger partial charge in [-0.3, -0.25) is 9.69 Å². The van der Waals surface area contributed by atoms with Gasteiger partial charge in [0.1, 0.15) is 0 Å². The zero-order valence-corrected chi connectivity index (χ0v) is 14.9. The van der Waals surface area contributed by atoms with Gasteiger partial charge in [-0.05, 0) is 56.9 Å². The number of carbonyl (C=O) groups is 1. The Kier molecular flexibility index (Phi) is 5.41. The summed E-state index contributed by atoms with van der Waals surface area (Å²) in [7, 11) is 0. The van der Waals surface area contributed by atoms with Crippen LogP contribution in [-0.2, 0) is 0 Å². The third kappa shape index (κ3) is 4.28. The Bertz CT molecular complexity index is 545. The Morgan fingerprint density at radius 2 is 1.79 bits per heavy atom. The highest BCUT2D eigenvalue weighted by atomic mass is 16.1. The Balaban J connectivity index is 1.50. The Hall–Kier alpha value is -1.59. The zero-order chi connectivity index (χ0) is 17.1. The summed E-state index contributed by atoms with van der Waals surface area (Å²) in [5, 5.41) is 2.95. The Labute approximate surface area is 145 Å². The van der Waals surface area contributed by atoms with E-state index in [4.69, 9.17) is 5.73 Å². The number of nitrogens with two attached hydrogens (primary N) is 1. The minimum absolute atomic E-state index is 0.0257. The van der Waals surface area contributed by atoms with E-state index in [1.165, 1.54) is 18.5 Å². The summed E-state index contributed by atoms with van der Waals surface area (Å²) in [5.74, 6) is 0.583. The van der Waals surface area contributed by atoms with E-state index in [1.807, 2.05) is 12.1 Å². The maximum atomic E-state index is 12.2. The minimum Gasteiger partial charge on any atom is -0.369 e. The van der Waals surface area contributed by atoms with Gasteiger partial charge < -0.3 is 16.0 Å². The maximum Gasteiger partial charge on any atom is 0.251 e. The number of amides is 1. The summed E-state index contributed by atoms with van der Waals surface area (Å²) in [6.07, 6.45) is 2.41. The molecule has 132 valence electrons. The maximum absolute atomic E-state index is 12.2. The van der Waals surface area contributed by atoms with Crippen molar-refractivity contribution in [1.29, 1.82) is 0 Å². The number of benzene rings is 1. The van der Waals surface area contributed by atoms with Gasteiger partial charge in [0.05, 0.1) is 0 Å². The minimum atomic E-state index is -0.0257. The van der Waals surface area contributed by atoms with E-state index in [2.05, 4.69) is 41.1 Å². The predicted molar refractivity (Wildman–Crippen MR) is 98.4 cm³/mol. The van der Waals surface area contributed by atoms with Gasteiger partial charge in [-0.15, -0.1) is 0 Å². The second-order valence-electron chi connectivity index (χ2n) is 7.37. The highest BCUT2D eigenvalue weighted by Gasteiger charge is 2.28. The molecule has 1 atom stereocenters. The molecule has 3 rings (SSSR count). The lowest BCUT2D eigenvalue weighted by molar-refractivity contribution is 0.0950. The van der Waals surface area contributed by atoms with Crippen molar-refractivity contribution in [3.05, 3.63) is 29.8 Å². The van der Waals surface area contributed by atoms with Gasteiger partial charge in [0.2, 0.25) is 0 Å². The van der Waals surface area contributed by atoms with Crippen molar-refractivity contribution in [3.63, 3.8) is 0 Å². The number of hydrogen-bond acceptors (Lipinski definition) is 4. The highest BCUT2D eigenvalue weighted by Crippen LogP contribution is 2.31. The average molecular weight is 330 g/mol. The quantitative estimate of drug-likeness (QED) is 0.833. The lowest BCUT2D eigenvalue weighted by Crippen LogP contribution is -2.48. The molecule has 0 radical (unpaired) electrons. The van der Waals surface area contributed by atoms with Crippen LogP contribution < -0.4 is 16.0 Å². The largest absolute Gasteiger partial charge is 0.369 e. The topological polar surface area (TPSA) is 61.6 Å². The third-order valence-corrected chi connectivity index (χ3v) is 5.27. The molecule has 1 saturated heterocycles. The molecule has 3 N–H and O–H groups in total. The number of nitrogens with zero attached hydrogens (tertiary/aromatic N) is 2. The first-order valence-corrected chi connectivity index (χ1v) is 9.17. The highest BCUT2D eigenvalue weighted by molar-refractivity contribution is 5.94. The molecule has 24 heavy (non-hydrogen) atoms. The molecule has 5 nitrogen and oxygen atoms in total. The summed E-state index contributed by atoms with van der Waals surface area (Å²) >= 11 is 0. The van der Waals surface area contributed by atoms with Crippen LogP contribution in [0.1, 0.15) is 37.0 Å². The summed E-state index contributed by atoms with van der Waals surface area (Å²) in [6, 6.07) is 8.66. The van der Waals surface area contributed by atoms with E-state index in [-0.39, 0.29) is 11.9 Å². The van der Waals surface area contributed by atoms with Gasteiger partial charge >= 0.3 is 0 Å². The van der Waals surface area contributed by atoms with Gasteiger partial charge in [0.15, 0.2) is 0 Å². The predicted octanol–water partition coefficient (Wildman–Crippen LogP) is 1.68. The molecule has 0 spiro atoms. The fourth-order valence-corrected chi connectivity index (χ4v) is 3.32. The molecule has 0 bridgehead atoms. The number of piperazine rings is 1. The molecule has 1 aromatic rings. The molecule has 1 aliphatic heterocycles. The number of nitrogens with one attached hydrogen (secondary N) is 1. The van der Waals surface area contributed by atoms with Crippen LogP contribution in [-0.4, -0.2) is 55.6 Å². The zero-order valence-electron chi connectivity index (χ0n) is 14.9. The van der Waals surface area contributed by atoms with E-state index in [0.29, 0.717) is 24.1 Å².